The SMILES string of the molecule is C=C(C)C(=O)OC(CO)COc1c2ccccc2cc2cccc(Cl)c12. The van der Waals surface area contributed by atoms with Crippen molar-refractivity contribution < 1.29 is 19.4 Å². The van der Waals surface area contributed by atoms with E-state index in [0.29, 0.717) is 10.8 Å². The Bertz CT molecular complexity index is 980. The van der Waals surface area contributed by atoms with E-state index >= 15 is 0 Å². The van der Waals surface area contributed by atoms with Crippen LogP contribution in [0.15, 0.2) is 60.7 Å². The lowest BCUT2D eigenvalue weighted by Gasteiger charge is -2.19. The van der Waals surface area contributed by atoms with Crippen molar-refractivity contribution in [1.82, 2.24) is 0 Å². The van der Waals surface area contributed by atoms with Crippen LogP contribution >= 0.6 is 11.6 Å². The van der Waals surface area contributed by atoms with Gasteiger partial charge in [0.05, 0.1) is 11.6 Å². The number of fused-ring (bicyclic) bond motifs is 2. The Balaban J connectivity index is 1.99. The fraction of sp³-hybridized carbons (Fsp3) is 0.190. The molecular weight excluding hydrogens is 352 g/mol. The maximum atomic E-state index is 11.7. The molecule has 0 amide bonds. The van der Waals surface area contributed by atoms with E-state index in [2.05, 4.69) is 6.58 Å². The molecule has 0 aliphatic heterocycles. The molecule has 0 aromatic heterocycles. The molecule has 1 atom stereocenters. The minimum atomic E-state index is -0.796. The Kier molecular flexibility index (Phi) is 5.45. The fourth-order valence-corrected chi connectivity index (χ4v) is 3.00. The monoisotopic (exact) mass is 370 g/mol. The Morgan fingerprint density at radius 2 is 1.92 bits per heavy atom. The molecule has 5 heteroatoms. The van der Waals surface area contributed by atoms with Gasteiger partial charge in [-0.25, -0.2) is 4.79 Å². The van der Waals surface area contributed by atoms with E-state index in [1.54, 1.807) is 13.0 Å². The van der Waals surface area contributed by atoms with Crippen molar-refractivity contribution in [3.63, 3.8) is 0 Å². The molecular formula is C21H19ClO4. The highest BCUT2D eigenvalue weighted by Crippen LogP contribution is 2.38. The van der Waals surface area contributed by atoms with E-state index in [1.165, 1.54) is 0 Å². The Morgan fingerprint density at radius 3 is 2.65 bits per heavy atom. The van der Waals surface area contributed by atoms with Gasteiger partial charge in [0.1, 0.15) is 12.4 Å². The molecule has 1 N–H and O–H groups in total. The fourth-order valence-electron chi connectivity index (χ4n) is 2.73. The average Bonchev–Trinajstić information content (AvgIpc) is 2.64. The topological polar surface area (TPSA) is 55.8 Å². The number of aliphatic hydroxyl groups is 1. The van der Waals surface area contributed by atoms with Crippen LogP contribution in [0.4, 0.5) is 0 Å². The van der Waals surface area contributed by atoms with Crippen LogP contribution in [0.3, 0.4) is 0 Å². The first-order chi connectivity index (χ1) is 12.5. The van der Waals surface area contributed by atoms with Crippen LogP contribution in [0.1, 0.15) is 6.92 Å². The zero-order valence-electron chi connectivity index (χ0n) is 14.4. The van der Waals surface area contributed by atoms with Gasteiger partial charge in [-0.15, -0.1) is 0 Å². The first-order valence-corrected chi connectivity index (χ1v) is 8.59. The number of aliphatic hydroxyl groups excluding tert-OH is 1. The predicted octanol–water partition coefficient (Wildman–Crippen LogP) is 4.51. The minimum absolute atomic E-state index is 0.00382. The van der Waals surface area contributed by atoms with Gasteiger partial charge in [-0.1, -0.05) is 54.6 Å². The van der Waals surface area contributed by atoms with E-state index < -0.39 is 12.1 Å². The maximum Gasteiger partial charge on any atom is 0.333 e. The average molecular weight is 371 g/mol. The Morgan fingerprint density at radius 1 is 1.19 bits per heavy atom. The highest BCUT2D eigenvalue weighted by atomic mass is 35.5. The number of halogens is 1. The number of hydrogen-bond acceptors (Lipinski definition) is 4. The molecule has 0 heterocycles. The second-order valence-corrected chi connectivity index (χ2v) is 6.47. The number of carbonyl (C=O) groups is 1. The van der Waals surface area contributed by atoms with Gasteiger partial charge in [0, 0.05) is 16.3 Å². The lowest BCUT2D eigenvalue weighted by Crippen LogP contribution is -2.28. The van der Waals surface area contributed by atoms with E-state index in [9.17, 15) is 9.90 Å². The maximum absolute atomic E-state index is 11.7. The third kappa shape index (κ3) is 3.66. The zero-order chi connectivity index (χ0) is 18.7. The number of hydrogen-bond donors (Lipinski definition) is 1. The molecule has 4 nitrogen and oxygen atoms in total. The Hall–Kier alpha value is -2.56. The summed E-state index contributed by atoms with van der Waals surface area (Å²) in [6.45, 7) is 4.74. The van der Waals surface area contributed by atoms with Crippen LogP contribution in [0.2, 0.25) is 5.02 Å². The zero-order valence-corrected chi connectivity index (χ0v) is 15.1. The first-order valence-electron chi connectivity index (χ1n) is 8.21. The molecule has 0 aliphatic carbocycles. The third-order valence-corrected chi connectivity index (χ3v) is 4.34. The van der Waals surface area contributed by atoms with Gasteiger partial charge in [-0.05, 0) is 29.8 Å². The van der Waals surface area contributed by atoms with Crippen LogP contribution in [-0.4, -0.2) is 30.4 Å². The molecule has 3 rings (SSSR count). The van der Waals surface area contributed by atoms with Crippen molar-refractivity contribution in [1.29, 1.82) is 0 Å². The molecule has 134 valence electrons. The van der Waals surface area contributed by atoms with Crippen molar-refractivity contribution in [2.75, 3.05) is 13.2 Å². The van der Waals surface area contributed by atoms with Crippen LogP contribution in [0.25, 0.3) is 21.5 Å². The molecule has 0 fully saturated rings. The van der Waals surface area contributed by atoms with Crippen molar-refractivity contribution in [2.24, 2.45) is 0 Å². The van der Waals surface area contributed by atoms with E-state index in [-0.39, 0.29) is 18.8 Å². The standard InChI is InChI=1S/C21H19ClO4/c1-13(2)21(24)26-16(11-23)12-25-20-17-8-4-3-6-14(17)10-15-7-5-9-18(22)19(15)20/h3-10,16,23H,1,11-12H2,2H3. The van der Waals surface area contributed by atoms with Gasteiger partial charge < -0.3 is 14.6 Å². The predicted molar refractivity (Wildman–Crippen MR) is 104 cm³/mol. The van der Waals surface area contributed by atoms with Crippen molar-refractivity contribution >= 4 is 39.1 Å². The summed E-state index contributed by atoms with van der Waals surface area (Å²) in [6.07, 6.45) is -0.796. The summed E-state index contributed by atoms with van der Waals surface area (Å²) >= 11 is 6.41. The lowest BCUT2D eigenvalue weighted by molar-refractivity contribution is -0.147. The van der Waals surface area contributed by atoms with E-state index in [4.69, 9.17) is 21.1 Å². The van der Waals surface area contributed by atoms with Gasteiger partial charge >= 0.3 is 5.97 Å². The molecule has 0 saturated heterocycles. The van der Waals surface area contributed by atoms with Crippen LogP contribution < -0.4 is 4.74 Å². The molecule has 26 heavy (non-hydrogen) atoms. The minimum Gasteiger partial charge on any atom is -0.488 e. The van der Waals surface area contributed by atoms with Crippen LogP contribution in [0, 0.1) is 0 Å². The van der Waals surface area contributed by atoms with Gasteiger partial charge in [0.15, 0.2) is 6.10 Å². The molecule has 0 saturated carbocycles. The molecule has 0 aliphatic rings. The largest absolute Gasteiger partial charge is 0.488 e. The molecule has 0 spiro atoms. The smallest absolute Gasteiger partial charge is 0.333 e. The van der Waals surface area contributed by atoms with Crippen molar-refractivity contribution in [3.8, 4) is 5.75 Å². The van der Waals surface area contributed by atoms with Crippen LogP contribution in [0.5, 0.6) is 5.75 Å². The molecule has 0 radical (unpaired) electrons. The van der Waals surface area contributed by atoms with Gasteiger partial charge in [0.25, 0.3) is 0 Å². The van der Waals surface area contributed by atoms with E-state index in [1.807, 2.05) is 42.5 Å². The second-order valence-electron chi connectivity index (χ2n) is 6.07. The Labute approximate surface area is 156 Å². The summed E-state index contributed by atoms with van der Waals surface area (Å²) in [5.41, 5.74) is 0.266. The molecule has 3 aromatic rings. The molecule has 0 bridgehead atoms. The highest BCUT2D eigenvalue weighted by molar-refractivity contribution is 6.36. The summed E-state index contributed by atoms with van der Waals surface area (Å²) in [6, 6.07) is 15.5. The number of rotatable bonds is 6. The quantitative estimate of drug-likeness (QED) is 0.394. The van der Waals surface area contributed by atoms with Crippen molar-refractivity contribution in [3.05, 3.63) is 65.7 Å². The van der Waals surface area contributed by atoms with Gasteiger partial charge in [-0.2, -0.15) is 0 Å². The number of benzene rings is 3. The van der Waals surface area contributed by atoms with Gasteiger partial charge in [-0.3, -0.25) is 0 Å². The van der Waals surface area contributed by atoms with Gasteiger partial charge in [0.2, 0.25) is 0 Å². The third-order valence-electron chi connectivity index (χ3n) is 4.03. The lowest BCUT2D eigenvalue weighted by atomic mass is 10.0. The highest BCUT2D eigenvalue weighted by Gasteiger charge is 2.18. The number of carbonyl (C=O) groups excluding carboxylic acids is 1. The van der Waals surface area contributed by atoms with Crippen LogP contribution in [-0.2, 0) is 9.53 Å². The summed E-state index contributed by atoms with van der Waals surface area (Å²) in [4.78, 5) is 11.7. The molecule has 3 aromatic carbocycles. The number of esters is 1. The van der Waals surface area contributed by atoms with Crippen molar-refractivity contribution in [2.45, 2.75) is 13.0 Å². The summed E-state index contributed by atoms with van der Waals surface area (Å²) in [5.74, 6) is 0.0435. The normalized spacial score (nSPS) is 12.1. The summed E-state index contributed by atoms with van der Waals surface area (Å²) < 4.78 is 11.2. The number of ether oxygens (including phenoxy) is 2. The summed E-state index contributed by atoms with van der Waals surface area (Å²) in [5, 5.41) is 13.7. The second kappa shape index (κ2) is 7.77. The first kappa shape index (κ1) is 18.2. The summed E-state index contributed by atoms with van der Waals surface area (Å²) in [7, 11) is 0. The molecule has 1 unspecified atom stereocenters. The van der Waals surface area contributed by atoms with E-state index in [0.717, 1.165) is 21.5 Å².